The van der Waals surface area contributed by atoms with Crippen molar-refractivity contribution in [3.63, 3.8) is 0 Å². The lowest BCUT2D eigenvalue weighted by atomic mass is 9.86. The molecule has 0 radical (unpaired) electrons. The maximum Gasteiger partial charge on any atom is 0.404 e. The van der Waals surface area contributed by atoms with Gasteiger partial charge in [-0.25, -0.2) is 4.79 Å². The van der Waals surface area contributed by atoms with Crippen molar-refractivity contribution in [3.8, 4) is 0 Å². The van der Waals surface area contributed by atoms with Gasteiger partial charge in [0, 0.05) is 19.1 Å². The molecule has 5 heteroatoms. The SMILES string of the molecule is O=C(O)NC1CCCC(N(Cc2ccccc2)Cc2ccccc2)C1O. The van der Waals surface area contributed by atoms with E-state index in [0.29, 0.717) is 6.42 Å². The summed E-state index contributed by atoms with van der Waals surface area (Å²) < 4.78 is 0. The molecule has 0 aromatic heterocycles. The van der Waals surface area contributed by atoms with Crippen molar-refractivity contribution in [2.24, 2.45) is 0 Å². The van der Waals surface area contributed by atoms with Crippen molar-refractivity contribution in [2.45, 2.75) is 50.5 Å². The van der Waals surface area contributed by atoms with Crippen LogP contribution in [0.4, 0.5) is 4.79 Å². The van der Waals surface area contributed by atoms with Crippen LogP contribution in [0.3, 0.4) is 0 Å². The molecule has 2 aromatic carbocycles. The van der Waals surface area contributed by atoms with E-state index in [-0.39, 0.29) is 6.04 Å². The van der Waals surface area contributed by atoms with Gasteiger partial charge in [-0.1, -0.05) is 60.7 Å². The number of amides is 1. The Labute approximate surface area is 154 Å². The number of rotatable bonds is 6. The molecule has 0 spiro atoms. The van der Waals surface area contributed by atoms with Crippen molar-refractivity contribution in [2.75, 3.05) is 0 Å². The average Bonchev–Trinajstić information content (AvgIpc) is 2.64. The molecule has 3 rings (SSSR count). The Morgan fingerprint density at radius 1 is 0.962 bits per heavy atom. The van der Waals surface area contributed by atoms with Gasteiger partial charge in [0.25, 0.3) is 0 Å². The molecule has 0 saturated heterocycles. The molecular weight excluding hydrogens is 328 g/mol. The summed E-state index contributed by atoms with van der Waals surface area (Å²) in [5.41, 5.74) is 2.37. The van der Waals surface area contributed by atoms with Gasteiger partial charge in [-0.15, -0.1) is 0 Å². The van der Waals surface area contributed by atoms with E-state index in [9.17, 15) is 9.90 Å². The van der Waals surface area contributed by atoms with Crippen LogP contribution in [0.15, 0.2) is 60.7 Å². The van der Waals surface area contributed by atoms with E-state index in [1.807, 2.05) is 36.4 Å². The van der Waals surface area contributed by atoms with Crippen LogP contribution >= 0.6 is 0 Å². The second kappa shape index (κ2) is 8.83. The number of benzene rings is 2. The van der Waals surface area contributed by atoms with Gasteiger partial charge in [0.1, 0.15) is 0 Å². The van der Waals surface area contributed by atoms with Crippen LogP contribution in [0.25, 0.3) is 0 Å². The third-order valence-electron chi connectivity index (χ3n) is 5.06. The van der Waals surface area contributed by atoms with Crippen LogP contribution in [0.1, 0.15) is 30.4 Å². The Bertz CT molecular complexity index is 651. The largest absolute Gasteiger partial charge is 0.465 e. The maximum atomic E-state index is 11.0. The fourth-order valence-electron chi connectivity index (χ4n) is 3.80. The van der Waals surface area contributed by atoms with Crippen LogP contribution in [0.2, 0.25) is 0 Å². The van der Waals surface area contributed by atoms with Crippen molar-refractivity contribution in [1.82, 2.24) is 10.2 Å². The second-order valence-electron chi connectivity index (χ2n) is 6.92. The van der Waals surface area contributed by atoms with Gasteiger partial charge in [-0.3, -0.25) is 4.90 Å². The highest BCUT2D eigenvalue weighted by Gasteiger charge is 2.36. The fourth-order valence-corrected chi connectivity index (χ4v) is 3.80. The summed E-state index contributed by atoms with van der Waals surface area (Å²) in [6.07, 6.45) is 0.638. The number of aliphatic hydroxyl groups is 1. The molecule has 138 valence electrons. The van der Waals surface area contributed by atoms with Gasteiger partial charge >= 0.3 is 6.09 Å². The highest BCUT2D eigenvalue weighted by atomic mass is 16.4. The van der Waals surface area contributed by atoms with Gasteiger partial charge in [-0.2, -0.15) is 0 Å². The summed E-state index contributed by atoms with van der Waals surface area (Å²) in [5.74, 6) is 0. The molecule has 5 nitrogen and oxygen atoms in total. The predicted molar refractivity (Wildman–Crippen MR) is 101 cm³/mol. The number of nitrogens with zero attached hydrogens (tertiary/aromatic N) is 1. The van der Waals surface area contributed by atoms with Gasteiger partial charge in [0.15, 0.2) is 0 Å². The molecule has 1 saturated carbocycles. The molecule has 1 fully saturated rings. The van der Waals surface area contributed by atoms with Gasteiger partial charge in [-0.05, 0) is 30.4 Å². The van der Waals surface area contributed by atoms with E-state index in [4.69, 9.17) is 5.11 Å². The van der Waals surface area contributed by atoms with Crippen molar-refractivity contribution < 1.29 is 15.0 Å². The summed E-state index contributed by atoms with van der Waals surface area (Å²) >= 11 is 0. The highest BCUT2D eigenvalue weighted by molar-refractivity contribution is 5.65. The molecular formula is C21H26N2O3. The van der Waals surface area contributed by atoms with E-state index < -0.39 is 18.2 Å². The maximum absolute atomic E-state index is 11.0. The number of carbonyl (C=O) groups is 1. The van der Waals surface area contributed by atoms with Crippen LogP contribution in [-0.4, -0.2) is 39.4 Å². The zero-order valence-corrected chi connectivity index (χ0v) is 14.8. The molecule has 3 unspecified atom stereocenters. The summed E-state index contributed by atoms with van der Waals surface area (Å²) in [7, 11) is 0. The number of nitrogens with one attached hydrogen (secondary N) is 1. The number of carboxylic acid groups (broad SMARTS) is 1. The molecule has 3 N–H and O–H groups in total. The van der Waals surface area contributed by atoms with E-state index >= 15 is 0 Å². The Kier molecular flexibility index (Phi) is 6.26. The molecule has 0 heterocycles. The quantitative estimate of drug-likeness (QED) is 0.745. The third kappa shape index (κ3) is 4.84. The lowest BCUT2D eigenvalue weighted by Gasteiger charge is -2.41. The Morgan fingerprint density at radius 2 is 1.50 bits per heavy atom. The van der Waals surface area contributed by atoms with Crippen molar-refractivity contribution >= 4 is 6.09 Å². The first-order valence-electron chi connectivity index (χ1n) is 9.13. The second-order valence-corrected chi connectivity index (χ2v) is 6.92. The molecule has 26 heavy (non-hydrogen) atoms. The van der Waals surface area contributed by atoms with E-state index in [1.165, 1.54) is 11.1 Å². The topological polar surface area (TPSA) is 72.8 Å². The van der Waals surface area contributed by atoms with Crippen molar-refractivity contribution in [3.05, 3.63) is 71.8 Å². The Morgan fingerprint density at radius 3 is 2.00 bits per heavy atom. The highest BCUT2D eigenvalue weighted by Crippen LogP contribution is 2.27. The van der Waals surface area contributed by atoms with Crippen LogP contribution in [-0.2, 0) is 13.1 Å². The molecule has 1 aliphatic carbocycles. The normalized spacial score (nSPS) is 22.9. The number of hydrogen-bond donors (Lipinski definition) is 3. The smallest absolute Gasteiger partial charge is 0.404 e. The first kappa shape index (κ1) is 18.4. The minimum atomic E-state index is -1.08. The van der Waals surface area contributed by atoms with Gasteiger partial charge < -0.3 is 15.5 Å². The Hall–Kier alpha value is -2.37. The zero-order chi connectivity index (χ0) is 18.4. The van der Waals surface area contributed by atoms with Crippen LogP contribution in [0, 0.1) is 0 Å². The molecule has 2 aromatic rings. The van der Waals surface area contributed by atoms with Crippen LogP contribution in [0.5, 0.6) is 0 Å². The van der Waals surface area contributed by atoms with E-state index in [2.05, 4.69) is 34.5 Å². The number of aliphatic hydroxyl groups excluding tert-OH is 1. The Balaban J connectivity index is 1.80. The summed E-state index contributed by atoms with van der Waals surface area (Å²) in [4.78, 5) is 13.3. The molecule has 1 aliphatic rings. The van der Waals surface area contributed by atoms with E-state index in [1.54, 1.807) is 0 Å². The third-order valence-corrected chi connectivity index (χ3v) is 5.06. The molecule has 0 bridgehead atoms. The van der Waals surface area contributed by atoms with Crippen LogP contribution < -0.4 is 5.32 Å². The summed E-state index contributed by atoms with van der Waals surface area (Å²) in [6.45, 7) is 1.44. The minimum absolute atomic E-state index is 0.0824. The van der Waals surface area contributed by atoms with E-state index in [0.717, 1.165) is 25.9 Å². The van der Waals surface area contributed by atoms with Crippen molar-refractivity contribution in [1.29, 1.82) is 0 Å². The fraction of sp³-hybridized carbons (Fsp3) is 0.381. The standard InChI is InChI=1S/C21H26N2O3/c24-20-18(22-21(25)26)12-7-13-19(20)23(14-16-8-3-1-4-9-16)15-17-10-5-2-6-11-17/h1-6,8-11,18-20,22,24H,7,12-15H2,(H,25,26). The average molecular weight is 354 g/mol. The number of hydrogen-bond acceptors (Lipinski definition) is 3. The molecule has 0 aliphatic heterocycles. The summed E-state index contributed by atoms with van der Waals surface area (Å²) in [6, 6.07) is 19.9. The lowest BCUT2D eigenvalue weighted by molar-refractivity contribution is -0.00882. The monoisotopic (exact) mass is 354 g/mol. The predicted octanol–water partition coefficient (Wildman–Crippen LogP) is 3.24. The molecule has 3 atom stereocenters. The lowest BCUT2D eigenvalue weighted by Crippen LogP contribution is -2.56. The van der Waals surface area contributed by atoms with Gasteiger partial charge in [0.05, 0.1) is 12.1 Å². The summed E-state index contributed by atoms with van der Waals surface area (Å²) in [5, 5.41) is 22.4. The molecule has 1 amide bonds. The zero-order valence-electron chi connectivity index (χ0n) is 14.8. The first-order valence-corrected chi connectivity index (χ1v) is 9.13. The minimum Gasteiger partial charge on any atom is -0.465 e. The first-order chi connectivity index (χ1) is 12.6. The van der Waals surface area contributed by atoms with Gasteiger partial charge in [0.2, 0.25) is 0 Å².